The van der Waals surface area contributed by atoms with Crippen LogP contribution in [0.2, 0.25) is 0 Å². The molecule has 120 valence electrons. The Balaban J connectivity index is 1.59. The molecule has 2 heterocycles. The second kappa shape index (κ2) is 6.25. The fourth-order valence-electron chi connectivity index (χ4n) is 4.40. The zero-order chi connectivity index (χ0) is 14.9. The number of aliphatic hydroxyl groups is 1. The fraction of sp³-hybridized carbons (Fsp3) is 0.941. The summed E-state index contributed by atoms with van der Waals surface area (Å²) >= 11 is 0. The normalized spacial score (nSPS) is 35.5. The van der Waals surface area contributed by atoms with E-state index in [0.29, 0.717) is 24.3 Å². The molecule has 0 radical (unpaired) electrons. The molecule has 2 aliphatic heterocycles. The summed E-state index contributed by atoms with van der Waals surface area (Å²) < 4.78 is 5.71. The van der Waals surface area contributed by atoms with Crippen LogP contribution in [-0.2, 0) is 9.53 Å². The van der Waals surface area contributed by atoms with Crippen molar-refractivity contribution >= 4 is 5.91 Å². The van der Waals surface area contributed by atoms with Crippen molar-refractivity contribution in [2.45, 2.75) is 82.5 Å². The van der Waals surface area contributed by atoms with Crippen molar-refractivity contribution in [1.82, 2.24) is 4.90 Å². The minimum atomic E-state index is -0.207. The average Bonchev–Trinajstić information content (AvgIpc) is 2.45. The second-order valence-electron chi connectivity index (χ2n) is 7.27. The molecule has 4 nitrogen and oxygen atoms in total. The predicted octanol–water partition coefficient (Wildman–Crippen LogP) is 2.49. The fourth-order valence-corrected chi connectivity index (χ4v) is 4.40. The molecule has 21 heavy (non-hydrogen) atoms. The van der Waals surface area contributed by atoms with E-state index in [1.54, 1.807) is 0 Å². The number of likely N-dealkylation sites (tertiary alicyclic amines) is 1. The van der Waals surface area contributed by atoms with Crippen LogP contribution in [0.25, 0.3) is 0 Å². The van der Waals surface area contributed by atoms with E-state index in [2.05, 4.69) is 11.8 Å². The maximum atomic E-state index is 12.8. The van der Waals surface area contributed by atoms with Crippen molar-refractivity contribution in [3.8, 4) is 0 Å². The summed E-state index contributed by atoms with van der Waals surface area (Å²) in [5, 5.41) is 9.94. The van der Waals surface area contributed by atoms with E-state index in [-0.39, 0.29) is 11.6 Å². The van der Waals surface area contributed by atoms with E-state index in [1.807, 2.05) is 0 Å². The van der Waals surface area contributed by atoms with Crippen molar-refractivity contribution in [3.63, 3.8) is 0 Å². The molecule has 3 rings (SSSR count). The molecule has 0 aromatic carbocycles. The maximum Gasteiger partial charge on any atom is 0.223 e. The van der Waals surface area contributed by atoms with Gasteiger partial charge in [-0.05, 0) is 57.3 Å². The number of carbonyl (C=O) groups excluding carboxylic acids is 1. The monoisotopic (exact) mass is 295 g/mol. The van der Waals surface area contributed by atoms with Gasteiger partial charge in [-0.1, -0.05) is 6.92 Å². The first-order valence-electron chi connectivity index (χ1n) is 8.73. The number of hydrogen-bond donors (Lipinski definition) is 1. The molecule has 0 bridgehead atoms. The second-order valence-corrected chi connectivity index (χ2v) is 7.27. The molecular formula is C17H29NO3. The third kappa shape index (κ3) is 3.11. The van der Waals surface area contributed by atoms with E-state index >= 15 is 0 Å². The van der Waals surface area contributed by atoms with Crippen LogP contribution in [0.5, 0.6) is 0 Å². The summed E-state index contributed by atoms with van der Waals surface area (Å²) in [5.74, 6) is 0.809. The standard InChI is InChI=1S/C17H29NO3/c1-2-15-10-13(5-9-21-15)11-16(20)18-8-4-14(19)12-17(18)6-3-7-17/h13-15,19H,2-12H2,1H3. The Bertz CT molecular complexity index is 380. The lowest BCUT2D eigenvalue weighted by molar-refractivity contribution is -0.151. The highest BCUT2D eigenvalue weighted by Gasteiger charge is 2.48. The van der Waals surface area contributed by atoms with Crippen LogP contribution in [0.3, 0.4) is 0 Å². The van der Waals surface area contributed by atoms with Crippen molar-refractivity contribution in [1.29, 1.82) is 0 Å². The Morgan fingerprint density at radius 3 is 2.86 bits per heavy atom. The number of amides is 1. The Morgan fingerprint density at radius 1 is 1.38 bits per heavy atom. The Kier molecular flexibility index (Phi) is 4.55. The molecule has 0 aromatic rings. The first-order chi connectivity index (χ1) is 10.1. The summed E-state index contributed by atoms with van der Waals surface area (Å²) in [6.07, 6.45) is 8.83. The number of piperidine rings is 1. The number of ether oxygens (including phenoxy) is 1. The first kappa shape index (κ1) is 15.3. The van der Waals surface area contributed by atoms with Gasteiger partial charge in [0.1, 0.15) is 0 Å². The van der Waals surface area contributed by atoms with Crippen LogP contribution in [0.4, 0.5) is 0 Å². The largest absolute Gasteiger partial charge is 0.393 e. The van der Waals surface area contributed by atoms with Crippen molar-refractivity contribution in [2.24, 2.45) is 5.92 Å². The van der Waals surface area contributed by atoms with Crippen LogP contribution in [-0.4, -0.2) is 46.8 Å². The minimum Gasteiger partial charge on any atom is -0.393 e. The van der Waals surface area contributed by atoms with Gasteiger partial charge in [-0.15, -0.1) is 0 Å². The van der Waals surface area contributed by atoms with Gasteiger partial charge in [-0.3, -0.25) is 4.79 Å². The van der Waals surface area contributed by atoms with E-state index in [1.165, 1.54) is 6.42 Å². The molecule has 3 fully saturated rings. The smallest absolute Gasteiger partial charge is 0.223 e. The van der Waals surface area contributed by atoms with Gasteiger partial charge in [0.2, 0.25) is 5.91 Å². The van der Waals surface area contributed by atoms with Gasteiger partial charge in [0, 0.05) is 25.1 Å². The molecule has 3 unspecified atom stereocenters. The maximum absolute atomic E-state index is 12.8. The van der Waals surface area contributed by atoms with Crippen LogP contribution in [0.1, 0.15) is 64.7 Å². The van der Waals surface area contributed by atoms with Crippen molar-refractivity contribution in [3.05, 3.63) is 0 Å². The zero-order valence-electron chi connectivity index (χ0n) is 13.2. The van der Waals surface area contributed by atoms with E-state index in [4.69, 9.17) is 4.74 Å². The molecule has 1 N–H and O–H groups in total. The van der Waals surface area contributed by atoms with Crippen LogP contribution < -0.4 is 0 Å². The summed E-state index contributed by atoms with van der Waals surface area (Å²) in [5.41, 5.74) is 0.00404. The third-order valence-electron chi connectivity index (χ3n) is 5.85. The lowest BCUT2D eigenvalue weighted by Crippen LogP contribution is -2.61. The van der Waals surface area contributed by atoms with Crippen LogP contribution >= 0.6 is 0 Å². The van der Waals surface area contributed by atoms with Gasteiger partial charge in [0.05, 0.1) is 12.2 Å². The number of carbonyl (C=O) groups is 1. The van der Waals surface area contributed by atoms with Gasteiger partial charge in [-0.2, -0.15) is 0 Å². The number of aliphatic hydroxyl groups excluding tert-OH is 1. The number of nitrogens with zero attached hydrogens (tertiary/aromatic N) is 1. The highest BCUT2D eigenvalue weighted by Crippen LogP contribution is 2.45. The molecular weight excluding hydrogens is 266 g/mol. The summed E-state index contributed by atoms with van der Waals surface area (Å²) in [7, 11) is 0. The predicted molar refractivity (Wildman–Crippen MR) is 80.9 cm³/mol. The Hall–Kier alpha value is -0.610. The first-order valence-corrected chi connectivity index (χ1v) is 8.73. The zero-order valence-corrected chi connectivity index (χ0v) is 13.2. The SMILES string of the molecule is CCC1CC(CC(=O)N2CCC(O)CC23CCC3)CCO1. The molecule has 4 heteroatoms. The lowest BCUT2D eigenvalue weighted by Gasteiger charge is -2.54. The van der Waals surface area contributed by atoms with Gasteiger partial charge in [-0.25, -0.2) is 0 Å². The molecule has 2 saturated heterocycles. The van der Waals surface area contributed by atoms with E-state index in [9.17, 15) is 9.90 Å². The molecule has 0 aromatic heterocycles. The molecule has 1 spiro atoms. The summed E-state index contributed by atoms with van der Waals surface area (Å²) in [4.78, 5) is 14.9. The molecule has 3 aliphatic rings. The lowest BCUT2D eigenvalue weighted by atomic mass is 9.69. The van der Waals surface area contributed by atoms with Gasteiger partial charge in [0.25, 0.3) is 0 Å². The van der Waals surface area contributed by atoms with Gasteiger partial charge < -0.3 is 14.7 Å². The van der Waals surface area contributed by atoms with Crippen molar-refractivity contribution < 1.29 is 14.6 Å². The molecule has 1 aliphatic carbocycles. The Labute approximate surface area is 127 Å². The molecule has 1 saturated carbocycles. The van der Waals surface area contributed by atoms with Crippen LogP contribution in [0.15, 0.2) is 0 Å². The molecule has 3 atom stereocenters. The summed E-state index contributed by atoms with van der Waals surface area (Å²) in [6.45, 7) is 3.71. The van der Waals surface area contributed by atoms with Crippen molar-refractivity contribution in [2.75, 3.05) is 13.2 Å². The highest BCUT2D eigenvalue weighted by molar-refractivity contribution is 5.77. The molecule has 1 amide bonds. The van der Waals surface area contributed by atoms with Gasteiger partial charge >= 0.3 is 0 Å². The highest BCUT2D eigenvalue weighted by atomic mass is 16.5. The number of hydrogen-bond acceptors (Lipinski definition) is 3. The average molecular weight is 295 g/mol. The quantitative estimate of drug-likeness (QED) is 0.870. The van der Waals surface area contributed by atoms with Gasteiger partial charge in [0.15, 0.2) is 0 Å². The van der Waals surface area contributed by atoms with E-state index < -0.39 is 0 Å². The van der Waals surface area contributed by atoms with E-state index in [0.717, 1.165) is 58.1 Å². The number of rotatable bonds is 3. The third-order valence-corrected chi connectivity index (χ3v) is 5.85. The minimum absolute atomic E-state index is 0.00404. The Morgan fingerprint density at radius 2 is 2.19 bits per heavy atom. The van der Waals surface area contributed by atoms with Crippen LogP contribution in [0, 0.1) is 5.92 Å². The topological polar surface area (TPSA) is 49.8 Å². The summed E-state index contributed by atoms with van der Waals surface area (Å²) in [6, 6.07) is 0.